The van der Waals surface area contributed by atoms with Crippen molar-refractivity contribution in [2.45, 2.75) is 24.5 Å². The van der Waals surface area contributed by atoms with Gasteiger partial charge >= 0.3 is 94.4 Å². The summed E-state index contributed by atoms with van der Waals surface area (Å²) >= 11 is 1.60. The van der Waals surface area contributed by atoms with Crippen molar-refractivity contribution in [3.63, 3.8) is 0 Å². The Hall–Kier alpha value is 2.55. The summed E-state index contributed by atoms with van der Waals surface area (Å²) in [5.74, 6) is 0. The molecule has 2 rings (SSSR count). The van der Waals surface area contributed by atoms with Crippen LogP contribution in [0.5, 0.6) is 0 Å². The average molecular weight is 596 g/mol. The van der Waals surface area contributed by atoms with Gasteiger partial charge in [-0.2, -0.15) is 0 Å². The van der Waals surface area contributed by atoms with Crippen LogP contribution in [0.2, 0.25) is 0 Å². The number of aliphatic hydroxyl groups is 2. The average Bonchev–Trinajstić information content (AvgIpc) is 2.75. The van der Waals surface area contributed by atoms with E-state index in [-0.39, 0.29) is 92.2 Å². The van der Waals surface area contributed by atoms with Crippen molar-refractivity contribution >= 4 is 38.2 Å². The maximum absolute atomic E-state index is 11.8. The van der Waals surface area contributed by atoms with E-state index in [1.165, 1.54) is 0 Å². The summed E-state index contributed by atoms with van der Waals surface area (Å²) < 4.78 is 34.8. The Morgan fingerprint density at radius 2 is 1.72 bits per heavy atom. The van der Waals surface area contributed by atoms with E-state index in [2.05, 4.69) is 8.83 Å². The summed E-state index contributed by atoms with van der Waals surface area (Å²) in [4.78, 5) is 56.9. The minimum atomic E-state index is -5.89. The van der Waals surface area contributed by atoms with Gasteiger partial charge in [0.15, 0.2) is 6.23 Å². The number of rotatable bonds is 6. The fraction of sp³-hybridized carbons (Fsp3) is 0.556. The Morgan fingerprint density at radius 3 is 2.24 bits per heavy atom. The zero-order valence-electron chi connectivity index (χ0n) is 15.3. The molecule has 0 amide bonds. The first kappa shape index (κ1) is 33.7. The third kappa shape index (κ3) is 9.74. The first-order valence-corrected chi connectivity index (χ1v) is 10.5. The van der Waals surface area contributed by atoms with Gasteiger partial charge in [0.05, 0.1) is 18.0 Å². The second kappa shape index (κ2) is 13.4. The molecule has 1 fully saturated rings. The van der Waals surface area contributed by atoms with Crippen molar-refractivity contribution in [2.24, 2.45) is 0 Å². The molecule has 20 heteroatoms. The van der Waals surface area contributed by atoms with Crippen LogP contribution in [-0.2, 0) is 22.7 Å². The predicted molar refractivity (Wildman–Crippen MR) is 82.2 cm³/mol. The Bertz CT molecular complexity index is 892. The minimum Gasteiger partial charge on any atom is -0.790 e. The maximum atomic E-state index is 11.8. The van der Waals surface area contributed by atoms with Crippen LogP contribution in [-0.4, -0.2) is 44.7 Å². The number of hydrogen-bond acceptors (Lipinski definition) is 12. The van der Waals surface area contributed by atoms with E-state index in [0.717, 1.165) is 10.8 Å². The van der Waals surface area contributed by atoms with E-state index >= 15 is 0 Å². The van der Waals surface area contributed by atoms with Gasteiger partial charge in [-0.25, -0.2) is 4.79 Å². The molecular formula is C9H10IN2Na3O12P2. The van der Waals surface area contributed by atoms with Gasteiger partial charge in [-0.1, -0.05) is 0 Å². The summed E-state index contributed by atoms with van der Waals surface area (Å²) in [6, 6.07) is 0. The molecule has 0 spiro atoms. The van der Waals surface area contributed by atoms with Crippen LogP contribution in [0.25, 0.3) is 0 Å². The van der Waals surface area contributed by atoms with Gasteiger partial charge in [0.25, 0.3) is 13.4 Å². The number of nitrogens with one attached hydrogen (secondary N) is 1. The number of hydrogen-bond donors (Lipinski definition) is 3. The fourth-order valence-electron chi connectivity index (χ4n) is 2.06. The largest absolute Gasteiger partial charge is 1.00 e. The molecule has 0 aliphatic carbocycles. The van der Waals surface area contributed by atoms with E-state index in [0.29, 0.717) is 0 Å². The van der Waals surface area contributed by atoms with Gasteiger partial charge in [-0.3, -0.25) is 23.2 Å². The number of aliphatic hydroxyl groups excluding tert-OH is 2. The molecule has 1 aliphatic rings. The van der Waals surface area contributed by atoms with Crippen LogP contribution in [0.1, 0.15) is 6.23 Å². The molecule has 2 heterocycles. The molecule has 0 aromatic carbocycles. The minimum absolute atomic E-state index is 0. The van der Waals surface area contributed by atoms with Crippen molar-refractivity contribution in [1.29, 1.82) is 0 Å². The Balaban J connectivity index is 0. The Morgan fingerprint density at radius 1 is 1.17 bits per heavy atom. The van der Waals surface area contributed by atoms with E-state index in [9.17, 15) is 43.6 Å². The number of aromatic nitrogens is 2. The van der Waals surface area contributed by atoms with Crippen molar-refractivity contribution < 1.29 is 136 Å². The number of aromatic amines is 1. The second-order valence-corrected chi connectivity index (χ2v) is 8.82. The molecule has 1 aromatic heterocycles. The second-order valence-electron chi connectivity index (χ2n) is 4.96. The third-order valence-corrected chi connectivity index (χ3v) is 5.97. The SMILES string of the molecule is O=c1[nH]c(=O)n([C@@H]2O[C@H](COP(=O)([O-])OP(=O)([O-])[O-])C(O)[C@@H]2O)cc1I.[Na+].[Na+].[Na+]. The molecule has 29 heavy (non-hydrogen) atoms. The van der Waals surface area contributed by atoms with Crippen LogP contribution in [0.3, 0.4) is 0 Å². The number of phosphoric acid groups is 2. The monoisotopic (exact) mass is 596 g/mol. The zero-order chi connectivity index (χ0) is 19.9. The van der Waals surface area contributed by atoms with Gasteiger partial charge in [-0.05, 0) is 22.6 Å². The van der Waals surface area contributed by atoms with Crippen LogP contribution in [0.15, 0.2) is 15.8 Å². The van der Waals surface area contributed by atoms with Crippen molar-refractivity contribution in [1.82, 2.24) is 9.55 Å². The first-order valence-electron chi connectivity index (χ1n) is 6.52. The summed E-state index contributed by atoms with van der Waals surface area (Å²) in [6.45, 7) is -1.02. The topological polar surface area (TPSA) is 226 Å². The number of halogens is 1. The van der Waals surface area contributed by atoms with E-state index in [1.807, 2.05) is 4.98 Å². The van der Waals surface area contributed by atoms with Gasteiger partial charge in [0, 0.05) is 6.20 Å². The molecule has 2 unspecified atom stereocenters. The number of phosphoric ester groups is 1. The van der Waals surface area contributed by atoms with Crippen LogP contribution >= 0.6 is 38.2 Å². The summed E-state index contributed by atoms with van der Waals surface area (Å²) in [5.41, 5.74) is -1.66. The molecule has 14 nitrogen and oxygen atoms in total. The van der Waals surface area contributed by atoms with Crippen molar-refractivity contribution in [2.75, 3.05) is 6.61 Å². The molecule has 0 bridgehead atoms. The fourth-order valence-corrected chi connectivity index (χ4v) is 3.99. The summed E-state index contributed by atoms with van der Waals surface area (Å²) in [6.07, 6.45) is -5.47. The van der Waals surface area contributed by atoms with Crippen LogP contribution in [0, 0.1) is 3.57 Å². The number of nitrogens with zero attached hydrogens (tertiary/aromatic N) is 1. The standard InChI is InChI=1S/C9H13IN2O12P2.3Na/c10-3-1-12(9(16)11-7(3)15)8-6(14)5(13)4(23-8)2-22-26(20,21)24-25(17,18)19;;;/h1,4-6,8,13-14H,2H2,(H,20,21)(H,11,15,16)(H2,17,18,19);;;/q;3*+1/p-3/t4-,5?,6+,8-;;;/m1.../s1. The molecule has 0 saturated carbocycles. The molecule has 3 N–H and O–H groups in total. The maximum Gasteiger partial charge on any atom is 1.00 e. The van der Waals surface area contributed by atoms with Crippen molar-refractivity contribution in [3.05, 3.63) is 30.6 Å². The molecule has 5 atom stereocenters. The van der Waals surface area contributed by atoms with Gasteiger partial charge in [0.1, 0.15) is 18.3 Å². The van der Waals surface area contributed by atoms with Crippen LogP contribution in [0.4, 0.5) is 0 Å². The van der Waals surface area contributed by atoms with E-state index in [1.54, 1.807) is 22.6 Å². The summed E-state index contributed by atoms with van der Waals surface area (Å²) in [5, 5.41) is 19.9. The van der Waals surface area contributed by atoms with E-state index in [4.69, 9.17) is 4.74 Å². The molecule has 0 radical (unpaired) electrons. The normalized spacial score (nSPS) is 25.9. The van der Waals surface area contributed by atoms with E-state index < -0.39 is 58.0 Å². The van der Waals surface area contributed by atoms with Crippen molar-refractivity contribution in [3.8, 4) is 0 Å². The first-order chi connectivity index (χ1) is 11.8. The molecule has 1 aliphatic heterocycles. The number of ether oxygens (including phenoxy) is 1. The zero-order valence-corrected chi connectivity index (χ0v) is 25.2. The Labute approximate surface area is 242 Å². The molecule has 148 valence electrons. The molecule has 1 aromatic rings. The smallest absolute Gasteiger partial charge is 0.790 e. The molecule has 1 saturated heterocycles. The van der Waals surface area contributed by atoms with Gasteiger partial charge in [0.2, 0.25) is 0 Å². The quantitative estimate of drug-likeness (QED) is 0.158. The Kier molecular flexibility index (Phi) is 15.6. The molecular weight excluding hydrogens is 586 g/mol. The van der Waals surface area contributed by atoms with Crippen LogP contribution < -0.4 is 115 Å². The number of H-pyrrole nitrogens is 1. The van der Waals surface area contributed by atoms with Gasteiger partial charge < -0.3 is 38.7 Å². The summed E-state index contributed by atoms with van der Waals surface area (Å²) in [7, 11) is -11.4. The van der Waals surface area contributed by atoms with Gasteiger partial charge in [-0.15, -0.1) is 0 Å². The third-order valence-electron chi connectivity index (χ3n) is 3.13. The predicted octanol–water partition coefficient (Wildman–Crippen LogP) is -12.9.